The van der Waals surface area contributed by atoms with E-state index in [9.17, 15) is 9.59 Å². The molecule has 0 saturated carbocycles. The molecule has 4 nitrogen and oxygen atoms in total. The predicted molar refractivity (Wildman–Crippen MR) is 106 cm³/mol. The van der Waals surface area contributed by atoms with Crippen LogP contribution in [-0.2, 0) is 19.1 Å². The zero-order valence-corrected chi connectivity index (χ0v) is 17.0. The van der Waals surface area contributed by atoms with Gasteiger partial charge >= 0.3 is 11.9 Å². The van der Waals surface area contributed by atoms with E-state index in [1.807, 2.05) is 0 Å². The van der Waals surface area contributed by atoms with E-state index in [0.717, 1.165) is 25.7 Å². The van der Waals surface area contributed by atoms with Crippen LogP contribution < -0.4 is 0 Å². The van der Waals surface area contributed by atoms with Gasteiger partial charge in [-0.25, -0.2) is 4.79 Å². The SMILES string of the molecule is CCCCCCCCOC(=O)CC(=S)C(=O)OCCCCCCCC. The lowest BCUT2D eigenvalue weighted by molar-refractivity contribution is -0.143. The van der Waals surface area contributed by atoms with Crippen LogP contribution in [0.3, 0.4) is 0 Å². The molecule has 0 aromatic heterocycles. The van der Waals surface area contributed by atoms with Crippen molar-refractivity contribution in [1.82, 2.24) is 0 Å². The average molecular weight is 373 g/mol. The fraction of sp³-hybridized carbons (Fsp3) is 0.850. The number of esters is 2. The second kappa shape index (κ2) is 17.8. The Labute approximate surface area is 159 Å². The van der Waals surface area contributed by atoms with Crippen molar-refractivity contribution < 1.29 is 19.1 Å². The van der Waals surface area contributed by atoms with Crippen molar-refractivity contribution in [3.05, 3.63) is 0 Å². The summed E-state index contributed by atoms with van der Waals surface area (Å²) in [4.78, 5) is 23.4. The first-order chi connectivity index (χ1) is 12.1. The van der Waals surface area contributed by atoms with Gasteiger partial charge in [0.2, 0.25) is 0 Å². The normalized spacial score (nSPS) is 10.5. The minimum absolute atomic E-state index is 0.0129. The van der Waals surface area contributed by atoms with E-state index in [-0.39, 0.29) is 11.3 Å². The fourth-order valence-electron chi connectivity index (χ4n) is 2.45. The molecular weight excluding hydrogens is 336 g/mol. The molecular formula is C20H36O4S. The molecule has 0 aliphatic carbocycles. The topological polar surface area (TPSA) is 52.6 Å². The first-order valence-electron chi connectivity index (χ1n) is 9.97. The third-order valence-corrected chi connectivity index (χ3v) is 4.34. The summed E-state index contributed by atoms with van der Waals surface area (Å²) in [5, 5.41) is 0. The van der Waals surface area contributed by atoms with E-state index < -0.39 is 11.9 Å². The van der Waals surface area contributed by atoms with Crippen LogP contribution in [0.4, 0.5) is 0 Å². The molecule has 146 valence electrons. The molecule has 0 heterocycles. The van der Waals surface area contributed by atoms with Gasteiger partial charge in [-0.3, -0.25) is 4.79 Å². The Kier molecular flexibility index (Phi) is 17.1. The van der Waals surface area contributed by atoms with Gasteiger partial charge in [0.1, 0.15) is 4.86 Å². The standard InChI is InChI=1S/C20H36O4S/c1-3-5-7-9-11-13-15-23-19(21)17-18(25)20(22)24-16-14-12-10-8-6-4-2/h3-17H2,1-2H3. The molecule has 0 bridgehead atoms. The van der Waals surface area contributed by atoms with E-state index in [1.165, 1.54) is 51.4 Å². The largest absolute Gasteiger partial charge is 0.465 e. The quantitative estimate of drug-likeness (QED) is 0.190. The Bertz CT molecular complexity index is 369. The van der Waals surface area contributed by atoms with Crippen LogP contribution in [0.15, 0.2) is 0 Å². The van der Waals surface area contributed by atoms with Crippen LogP contribution in [0.25, 0.3) is 0 Å². The number of carbonyl (C=O) groups is 2. The number of rotatable bonds is 17. The van der Waals surface area contributed by atoms with E-state index in [2.05, 4.69) is 13.8 Å². The molecule has 0 aromatic rings. The van der Waals surface area contributed by atoms with Gasteiger partial charge in [0.05, 0.1) is 19.6 Å². The highest BCUT2D eigenvalue weighted by molar-refractivity contribution is 7.82. The molecule has 0 unspecified atom stereocenters. The van der Waals surface area contributed by atoms with Crippen molar-refractivity contribution >= 4 is 29.0 Å². The van der Waals surface area contributed by atoms with E-state index in [0.29, 0.717) is 13.2 Å². The Morgan fingerprint density at radius 2 is 1.12 bits per heavy atom. The first-order valence-corrected chi connectivity index (χ1v) is 10.4. The van der Waals surface area contributed by atoms with Crippen molar-refractivity contribution in [1.29, 1.82) is 0 Å². The summed E-state index contributed by atoms with van der Waals surface area (Å²) in [6, 6.07) is 0. The smallest absolute Gasteiger partial charge is 0.345 e. The molecule has 5 heteroatoms. The lowest BCUT2D eigenvalue weighted by Crippen LogP contribution is -2.20. The van der Waals surface area contributed by atoms with Crippen molar-refractivity contribution in [2.45, 2.75) is 97.3 Å². The maximum absolute atomic E-state index is 11.7. The van der Waals surface area contributed by atoms with Gasteiger partial charge in [0.15, 0.2) is 0 Å². The summed E-state index contributed by atoms with van der Waals surface area (Å²) >= 11 is 4.96. The van der Waals surface area contributed by atoms with Crippen molar-refractivity contribution in [3.63, 3.8) is 0 Å². The summed E-state index contributed by atoms with van der Waals surface area (Å²) in [6.45, 7) is 5.14. The third-order valence-electron chi connectivity index (χ3n) is 4.02. The molecule has 0 rings (SSSR count). The molecule has 0 aliphatic heterocycles. The van der Waals surface area contributed by atoms with Crippen LogP contribution >= 0.6 is 12.2 Å². The molecule has 0 fully saturated rings. The molecule has 0 saturated heterocycles. The maximum Gasteiger partial charge on any atom is 0.345 e. The van der Waals surface area contributed by atoms with Crippen LogP contribution in [0.2, 0.25) is 0 Å². The minimum Gasteiger partial charge on any atom is -0.465 e. The second-order valence-electron chi connectivity index (χ2n) is 6.49. The Morgan fingerprint density at radius 1 is 0.680 bits per heavy atom. The van der Waals surface area contributed by atoms with Gasteiger partial charge in [-0.05, 0) is 12.8 Å². The molecule has 0 spiro atoms. The summed E-state index contributed by atoms with van der Waals surface area (Å²) < 4.78 is 10.2. The van der Waals surface area contributed by atoms with Gasteiger partial charge in [-0.2, -0.15) is 0 Å². The highest BCUT2D eigenvalue weighted by Crippen LogP contribution is 2.07. The van der Waals surface area contributed by atoms with E-state index >= 15 is 0 Å². The van der Waals surface area contributed by atoms with Crippen LogP contribution in [-0.4, -0.2) is 30.0 Å². The number of hydrogen-bond donors (Lipinski definition) is 0. The van der Waals surface area contributed by atoms with Crippen molar-refractivity contribution in [3.8, 4) is 0 Å². The first kappa shape index (κ1) is 24.0. The maximum atomic E-state index is 11.7. The predicted octanol–water partition coefficient (Wildman–Crippen LogP) is 5.55. The molecule has 0 aliphatic rings. The van der Waals surface area contributed by atoms with Crippen LogP contribution in [0.5, 0.6) is 0 Å². The summed E-state index contributed by atoms with van der Waals surface area (Å²) in [5.41, 5.74) is 0. The Morgan fingerprint density at radius 3 is 1.64 bits per heavy atom. The van der Waals surface area contributed by atoms with Crippen molar-refractivity contribution in [2.24, 2.45) is 0 Å². The monoisotopic (exact) mass is 372 g/mol. The zero-order valence-electron chi connectivity index (χ0n) is 16.1. The third kappa shape index (κ3) is 16.3. The minimum atomic E-state index is -0.555. The summed E-state index contributed by atoms with van der Waals surface area (Å²) in [5.74, 6) is -0.991. The second-order valence-corrected chi connectivity index (χ2v) is 6.98. The fourth-order valence-corrected chi connectivity index (χ4v) is 2.63. The highest BCUT2D eigenvalue weighted by Gasteiger charge is 2.16. The highest BCUT2D eigenvalue weighted by atomic mass is 32.1. The molecule has 0 aromatic carbocycles. The Balaban J connectivity index is 3.57. The van der Waals surface area contributed by atoms with Gasteiger partial charge in [0.25, 0.3) is 0 Å². The van der Waals surface area contributed by atoms with E-state index in [1.54, 1.807) is 0 Å². The van der Waals surface area contributed by atoms with Gasteiger partial charge in [0, 0.05) is 0 Å². The molecule has 0 amide bonds. The number of carbonyl (C=O) groups excluding carboxylic acids is 2. The number of hydrogen-bond acceptors (Lipinski definition) is 5. The van der Waals surface area contributed by atoms with Gasteiger partial charge < -0.3 is 9.47 Å². The van der Waals surface area contributed by atoms with Gasteiger partial charge in [-0.1, -0.05) is 90.3 Å². The van der Waals surface area contributed by atoms with Gasteiger partial charge in [-0.15, -0.1) is 0 Å². The molecule has 0 radical (unpaired) electrons. The number of unbranched alkanes of at least 4 members (excludes halogenated alkanes) is 10. The summed E-state index contributed by atoms with van der Waals surface area (Å²) in [7, 11) is 0. The number of thiocarbonyl (C=S) groups is 1. The average Bonchev–Trinajstić information content (AvgIpc) is 2.59. The molecule has 0 atom stereocenters. The lowest BCUT2D eigenvalue weighted by Gasteiger charge is -2.07. The van der Waals surface area contributed by atoms with Crippen molar-refractivity contribution in [2.75, 3.05) is 13.2 Å². The zero-order chi connectivity index (χ0) is 18.8. The Hall–Kier alpha value is -0.970. The van der Waals surface area contributed by atoms with Crippen LogP contribution in [0, 0.1) is 0 Å². The number of ether oxygens (including phenoxy) is 2. The molecule has 0 N–H and O–H groups in total. The molecule has 25 heavy (non-hydrogen) atoms. The van der Waals surface area contributed by atoms with E-state index in [4.69, 9.17) is 21.7 Å². The lowest BCUT2D eigenvalue weighted by atomic mass is 10.1. The summed E-state index contributed by atoms with van der Waals surface area (Å²) in [6.07, 6.45) is 13.4. The van der Waals surface area contributed by atoms with Crippen LogP contribution in [0.1, 0.15) is 97.3 Å².